The lowest BCUT2D eigenvalue weighted by molar-refractivity contribution is 0.368. The van der Waals surface area contributed by atoms with E-state index in [9.17, 15) is 0 Å². The third-order valence-corrected chi connectivity index (χ3v) is 3.34. The minimum Gasteiger partial charge on any atom is -0.314 e. The van der Waals surface area contributed by atoms with Gasteiger partial charge in [-0.1, -0.05) is 50.1 Å². The third kappa shape index (κ3) is 3.97. The van der Waals surface area contributed by atoms with Crippen LogP contribution in [0.15, 0.2) is 24.3 Å². The van der Waals surface area contributed by atoms with E-state index in [1.165, 1.54) is 24.0 Å². The van der Waals surface area contributed by atoms with Crippen LogP contribution in [0.25, 0.3) is 0 Å². The van der Waals surface area contributed by atoms with Gasteiger partial charge in [-0.3, -0.25) is 0 Å². The Balaban J connectivity index is 2.62. The van der Waals surface area contributed by atoms with Crippen LogP contribution in [-0.2, 0) is 6.42 Å². The van der Waals surface area contributed by atoms with Gasteiger partial charge in [-0.05, 0) is 38.3 Å². The molecule has 0 radical (unpaired) electrons. The second-order valence-electron chi connectivity index (χ2n) is 4.71. The second-order valence-corrected chi connectivity index (χ2v) is 4.71. The zero-order valence-corrected chi connectivity index (χ0v) is 11.1. The molecule has 1 N–H and O–H groups in total. The van der Waals surface area contributed by atoms with Crippen molar-refractivity contribution >= 4 is 0 Å². The number of benzene rings is 1. The number of hydrogen-bond donors (Lipinski definition) is 1. The average molecular weight is 219 g/mol. The Kier molecular flexibility index (Phi) is 5.54. The van der Waals surface area contributed by atoms with Gasteiger partial charge in [0.15, 0.2) is 0 Å². The molecule has 2 unspecified atom stereocenters. The van der Waals surface area contributed by atoms with Crippen molar-refractivity contribution in [1.82, 2.24) is 5.32 Å². The van der Waals surface area contributed by atoms with Crippen molar-refractivity contribution in [3.63, 3.8) is 0 Å². The van der Waals surface area contributed by atoms with Gasteiger partial charge in [0.2, 0.25) is 0 Å². The maximum absolute atomic E-state index is 3.53. The van der Waals surface area contributed by atoms with Gasteiger partial charge >= 0.3 is 0 Å². The van der Waals surface area contributed by atoms with Crippen LogP contribution in [0.5, 0.6) is 0 Å². The standard InChI is InChI=1S/C15H25N/c1-5-15(13(4)16-6-2)11-14-9-7-8-12(3)10-14/h7-10,13,15-16H,5-6,11H2,1-4H3. The summed E-state index contributed by atoms with van der Waals surface area (Å²) < 4.78 is 0. The molecule has 2 atom stereocenters. The Morgan fingerprint density at radius 3 is 2.56 bits per heavy atom. The van der Waals surface area contributed by atoms with Crippen molar-refractivity contribution in [3.8, 4) is 0 Å². The maximum Gasteiger partial charge on any atom is 0.00699 e. The van der Waals surface area contributed by atoms with Crippen LogP contribution in [-0.4, -0.2) is 12.6 Å². The molecule has 1 aromatic rings. The molecule has 0 aliphatic carbocycles. The Morgan fingerprint density at radius 1 is 1.25 bits per heavy atom. The molecule has 90 valence electrons. The van der Waals surface area contributed by atoms with Gasteiger partial charge < -0.3 is 5.32 Å². The molecule has 0 aliphatic heterocycles. The summed E-state index contributed by atoms with van der Waals surface area (Å²) >= 11 is 0. The normalized spacial score (nSPS) is 14.8. The highest BCUT2D eigenvalue weighted by Gasteiger charge is 2.14. The van der Waals surface area contributed by atoms with Crippen molar-refractivity contribution in [3.05, 3.63) is 35.4 Å². The molecule has 0 amide bonds. The summed E-state index contributed by atoms with van der Waals surface area (Å²) in [7, 11) is 0. The monoisotopic (exact) mass is 219 g/mol. The summed E-state index contributed by atoms with van der Waals surface area (Å²) in [5, 5.41) is 3.53. The SMILES string of the molecule is CCNC(C)C(CC)Cc1cccc(C)c1. The van der Waals surface area contributed by atoms with E-state index >= 15 is 0 Å². The maximum atomic E-state index is 3.53. The number of aryl methyl sites for hydroxylation is 1. The molecule has 0 bridgehead atoms. The Bertz CT molecular complexity index is 306. The van der Waals surface area contributed by atoms with E-state index in [4.69, 9.17) is 0 Å². The highest BCUT2D eigenvalue weighted by molar-refractivity contribution is 5.22. The van der Waals surface area contributed by atoms with Crippen molar-refractivity contribution in [1.29, 1.82) is 0 Å². The van der Waals surface area contributed by atoms with Gasteiger partial charge in [-0.15, -0.1) is 0 Å². The van der Waals surface area contributed by atoms with Crippen molar-refractivity contribution in [2.75, 3.05) is 6.54 Å². The fourth-order valence-corrected chi connectivity index (χ4v) is 2.31. The van der Waals surface area contributed by atoms with Gasteiger partial charge in [-0.25, -0.2) is 0 Å². The molecule has 16 heavy (non-hydrogen) atoms. The number of nitrogens with one attached hydrogen (secondary N) is 1. The van der Waals surface area contributed by atoms with E-state index < -0.39 is 0 Å². The smallest absolute Gasteiger partial charge is 0.00699 e. The molecular formula is C15H25N. The molecule has 0 saturated heterocycles. The first-order chi connectivity index (χ1) is 7.67. The van der Waals surface area contributed by atoms with Crippen LogP contribution < -0.4 is 5.32 Å². The molecule has 0 saturated carbocycles. The fourth-order valence-electron chi connectivity index (χ4n) is 2.31. The van der Waals surface area contributed by atoms with Crippen LogP contribution in [0.3, 0.4) is 0 Å². The molecular weight excluding hydrogens is 194 g/mol. The van der Waals surface area contributed by atoms with E-state index in [0.717, 1.165) is 12.5 Å². The first-order valence-electron chi connectivity index (χ1n) is 6.46. The lowest BCUT2D eigenvalue weighted by Crippen LogP contribution is -2.34. The summed E-state index contributed by atoms with van der Waals surface area (Å²) in [4.78, 5) is 0. The summed E-state index contributed by atoms with van der Waals surface area (Å²) in [5.74, 6) is 0.738. The topological polar surface area (TPSA) is 12.0 Å². The van der Waals surface area contributed by atoms with Gasteiger partial charge in [0.05, 0.1) is 0 Å². The Labute approximate surface area is 100 Å². The minimum absolute atomic E-state index is 0.607. The second kappa shape index (κ2) is 6.70. The molecule has 1 heteroatoms. The van der Waals surface area contributed by atoms with Crippen LogP contribution in [0.4, 0.5) is 0 Å². The van der Waals surface area contributed by atoms with E-state index in [2.05, 4.69) is 57.3 Å². The fraction of sp³-hybridized carbons (Fsp3) is 0.600. The molecule has 1 aromatic carbocycles. The summed E-state index contributed by atoms with van der Waals surface area (Å²) in [6.45, 7) is 9.99. The Morgan fingerprint density at radius 2 is 2.00 bits per heavy atom. The molecule has 1 nitrogen and oxygen atoms in total. The molecule has 0 aromatic heterocycles. The van der Waals surface area contributed by atoms with Gasteiger partial charge in [0.1, 0.15) is 0 Å². The first-order valence-corrected chi connectivity index (χ1v) is 6.46. The zero-order chi connectivity index (χ0) is 12.0. The molecule has 0 fully saturated rings. The van der Waals surface area contributed by atoms with Gasteiger partial charge in [-0.2, -0.15) is 0 Å². The number of hydrogen-bond acceptors (Lipinski definition) is 1. The van der Waals surface area contributed by atoms with Gasteiger partial charge in [0, 0.05) is 6.04 Å². The van der Waals surface area contributed by atoms with Crippen molar-refractivity contribution < 1.29 is 0 Å². The summed E-state index contributed by atoms with van der Waals surface area (Å²) in [5.41, 5.74) is 2.83. The van der Waals surface area contributed by atoms with Crippen LogP contribution in [0.1, 0.15) is 38.3 Å². The highest BCUT2D eigenvalue weighted by atomic mass is 14.9. The number of rotatable bonds is 6. The lowest BCUT2D eigenvalue weighted by atomic mass is 9.90. The largest absolute Gasteiger partial charge is 0.314 e. The predicted octanol–water partition coefficient (Wildman–Crippen LogP) is 3.56. The van der Waals surface area contributed by atoms with Crippen LogP contribution in [0.2, 0.25) is 0 Å². The average Bonchev–Trinajstić information content (AvgIpc) is 2.26. The van der Waals surface area contributed by atoms with E-state index in [0.29, 0.717) is 6.04 Å². The third-order valence-electron chi connectivity index (χ3n) is 3.34. The summed E-state index contributed by atoms with van der Waals surface area (Å²) in [6, 6.07) is 9.49. The quantitative estimate of drug-likeness (QED) is 0.771. The minimum atomic E-state index is 0.607. The van der Waals surface area contributed by atoms with E-state index in [1.807, 2.05) is 0 Å². The van der Waals surface area contributed by atoms with Crippen LogP contribution in [0, 0.1) is 12.8 Å². The molecule has 0 aliphatic rings. The lowest BCUT2D eigenvalue weighted by Gasteiger charge is -2.23. The molecule has 0 heterocycles. The molecule has 1 rings (SSSR count). The van der Waals surface area contributed by atoms with Crippen LogP contribution >= 0.6 is 0 Å². The first kappa shape index (κ1) is 13.2. The van der Waals surface area contributed by atoms with Crippen molar-refractivity contribution in [2.24, 2.45) is 5.92 Å². The van der Waals surface area contributed by atoms with E-state index in [1.54, 1.807) is 0 Å². The highest BCUT2D eigenvalue weighted by Crippen LogP contribution is 2.16. The molecule has 0 spiro atoms. The van der Waals surface area contributed by atoms with Crippen molar-refractivity contribution in [2.45, 2.75) is 46.6 Å². The van der Waals surface area contributed by atoms with E-state index in [-0.39, 0.29) is 0 Å². The van der Waals surface area contributed by atoms with Gasteiger partial charge in [0.25, 0.3) is 0 Å². The predicted molar refractivity (Wildman–Crippen MR) is 71.8 cm³/mol. The summed E-state index contributed by atoms with van der Waals surface area (Å²) in [6.07, 6.45) is 2.43. The Hall–Kier alpha value is -0.820. The zero-order valence-electron chi connectivity index (χ0n) is 11.1.